The summed E-state index contributed by atoms with van der Waals surface area (Å²) < 4.78 is 1.71. The average Bonchev–Trinajstić information content (AvgIpc) is 3.37. The van der Waals surface area contributed by atoms with Crippen LogP contribution in [0.25, 0.3) is 11.3 Å². The summed E-state index contributed by atoms with van der Waals surface area (Å²) in [7, 11) is 1.83. The smallest absolute Gasteiger partial charge is 0.255 e. The number of carbonyl (C=O) groups excluding carboxylic acids is 4. The largest absolute Gasteiger partial charge is 0.348 e. The van der Waals surface area contributed by atoms with Crippen LogP contribution in [0.1, 0.15) is 44.7 Å². The number of imide groups is 1. The predicted molar refractivity (Wildman–Crippen MR) is 122 cm³/mol. The number of rotatable bonds is 5. The van der Waals surface area contributed by atoms with E-state index in [0.29, 0.717) is 17.5 Å². The summed E-state index contributed by atoms with van der Waals surface area (Å²) in [4.78, 5) is 51.0. The van der Waals surface area contributed by atoms with Crippen LogP contribution in [0.4, 0.5) is 0 Å². The number of nitrogens with one attached hydrogen (secondary N) is 2. The molecule has 0 spiro atoms. The first kappa shape index (κ1) is 21.6. The Morgan fingerprint density at radius 1 is 1.15 bits per heavy atom. The lowest BCUT2D eigenvalue weighted by Gasteiger charge is -2.29. The highest BCUT2D eigenvalue weighted by atomic mass is 16.2. The fourth-order valence-corrected chi connectivity index (χ4v) is 4.48. The Bertz CT molecular complexity index is 1310. The molecule has 172 valence electrons. The Morgan fingerprint density at radius 2 is 1.94 bits per heavy atom. The van der Waals surface area contributed by atoms with Crippen LogP contribution >= 0.6 is 0 Å². The van der Waals surface area contributed by atoms with E-state index in [2.05, 4.69) is 15.7 Å². The predicted octanol–water partition coefficient (Wildman–Crippen LogP) is 1.78. The maximum Gasteiger partial charge on any atom is 0.255 e. The quantitative estimate of drug-likeness (QED) is 0.567. The Balaban J connectivity index is 1.30. The summed E-state index contributed by atoms with van der Waals surface area (Å²) in [6, 6.07) is 14.0. The van der Waals surface area contributed by atoms with E-state index in [0.717, 1.165) is 22.4 Å². The summed E-state index contributed by atoms with van der Waals surface area (Å²) >= 11 is 0. The van der Waals surface area contributed by atoms with Crippen molar-refractivity contribution in [1.82, 2.24) is 25.3 Å². The van der Waals surface area contributed by atoms with Gasteiger partial charge >= 0.3 is 0 Å². The zero-order valence-corrected chi connectivity index (χ0v) is 18.6. The number of hydrogen-bond acceptors (Lipinski definition) is 5. The molecule has 0 saturated carbocycles. The highest BCUT2D eigenvalue weighted by Crippen LogP contribution is 2.28. The van der Waals surface area contributed by atoms with Crippen molar-refractivity contribution < 1.29 is 19.2 Å². The molecule has 5 rings (SSSR count). The molecule has 1 aromatic heterocycles. The van der Waals surface area contributed by atoms with Crippen LogP contribution < -0.4 is 10.6 Å². The molecule has 0 aliphatic carbocycles. The first-order valence-corrected chi connectivity index (χ1v) is 11.0. The zero-order valence-electron chi connectivity index (χ0n) is 18.6. The summed E-state index contributed by atoms with van der Waals surface area (Å²) in [6.45, 7) is 0.558. The van der Waals surface area contributed by atoms with Crippen molar-refractivity contribution >= 4 is 23.6 Å². The summed E-state index contributed by atoms with van der Waals surface area (Å²) in [6.07, 6.45) is 2.36. The van der Waals surface area contributed by atoms with Gasteiger partial charge in [0.25, 0.3) is 11.8 Å². The second-order valence-corrected chi connectivity index (χ2v) is 8.50. The van der Waals surface area contributed by atoms with Gasteiger partial charge < -0.3 is 10.2 Å². The van der Waals surface area contributed by atoms with Gasteiger partial charge in [0.05, 0.1) is 5.69 Å². The molecule has 9 heteroatoms. The van der Waals surface area contributed by atoms with E-state index >= 15 is 0 Å². The van der Waals surface area contributed by atoms with E-state index in [9.17, 15) is 19.2 Å². The number of hydrogen-bond donors (Lipinski definition) is 2. The Labute approximate surface area is 195 Å². The van der Waals surface area contributed by atoms with Gasteiger partial charge in [-0.1, -0.05) is 36.4 Å². The SMILES string of the molecule is Cn1cc(CNC(=O)c2ccc3c(c2)C(=O)N(C2CCC(=O)NC2=O)C3)c(-c2ccccc2)n1. The van der Waals surface area contributed by atoms with Crippen LogP contribution in [0.15, 0.2) is 54.7 Å². The van der Waals surface area contributed by atoms with Crippen molar-refractivity contribution in [3.8, 4) is 11.3 Å². The van der Waals surface area contributed by atoms with Crippen molar-refractivity contribution in [3.63, 3.8) is 0 Å². The Morgan fingerprint density at radius 3 is 2.71 bits per heavy atom. The minimum Gasteiger partial charge on any atom is -0.348 e. The van der Waals surface area contributed by atoms with Gasteiger partial charge in [-0.05, 0) is 24.1 Å². The van der Waals surface area contributed by atoms with Crippen molar-refractivity contribution in [1.29, 1.82) is 0 Å². The van der Waals surface area contributed by atoms with E-state index in [-0.39, 0.29) is 37.2 Å². The van der Waals surface area contributed by atoms with Crippen molar-refractivity contribution in [2.45, 2.75) is 32.0 Å². The molecule has 9 nitrogen and oxygen atoms in total. The molecule has 0 bridgehead atoms. The van der Waals surface area contributed by atoms with Gasteiger partial charge in [0.2, 0.25) is 11.8 Å². The minimum absolute atomic E-state index is 0.198. The van der Waals surface area contributed by atoms with Crippen LogP contribution in [-0.4, -0.2) is 44.4 Å². The summed E-state index contributed by atoms with van der Waals surface area (Å²) in [5, 5.41) is 9.72. The van der Waals surface area contributed by atoms with E-state index in [1.165, 1.54) is 4.90 Å². The van der Waals surface area contributed by atoms with Crippen molar-refractivity contribution in [3.05, 3.63) is 77.0 Å². The molecule has 1 saturated heterocycles. The summed E-state index contributed by atoms with van der Waals surface area (Å²) in [5.41, 5.74) is 4.16. The number of piperidine rings is 1. The molecule has 1 atom stereocenters. The van der Waals surface area contributed by atoms with Gasteiger partial charge in [-0.3, -0.25) is 29.2 Å². The monoisotopic (exact) mass is 457 g/mol. The number of benzene rings is 2. The van der Waals surface area contributed by atoms with Crippen LogP contribution in [0.3, 0.4) is 0 Å². The van der Waals surface area contributed by atoms with Crippen molar-refractivity contribution in [2.24, 2.45) is 7.05 Å². The molecular formula is C25H23N5O4. The van der Waals surface area contributed by atoms with Gasteiger partial charge in [-0.25, -0.2) is 0 Å². The minimum atomic E-state index is -0.683. The van der Waals surface area contributed by atoms with Gasteiger partial charge in [-0.2, -0.15) is 5.10 Å². The number of amides is 4. The maximum absolute atomic E-state index is 13.0. The number of aromatic nitrogens is 2. The van der Waals surface area contributed by atoms with Crippen LogP contribution in [0.2, 0.25) is 0 Å². The van der Waals surface area contributed by atoms with Gasteiger partial charge in [-0.15, -0.1) is 0 Å². The van der Waals surface area contributed by atoms with E-state index < -0.39 is 11.9 Å². The van der Waals surface area contributed by atoms with E-state index in [1.807, 2.05) is 43.6 Å². The number of fused-ring (bicyclic) bond motifs is 1. The molecule has 2 aromatic carbocycles. The third-order valence-electron chi connectivity index (χ3n) is 6.18. The molecule has 0 radical (unpaired) electrons. The van der Waals surface area contributed by atoms with Gasteiger partial charge in [0, 0.05) is 55.0 Å². The van der Waals surface area contributed by atoms with E-state index in [4.69, 9.17) is 0 Å². The fraction of sp³-hybridized carbons (Fsp3) is 0.240. The first-order chi connectivity index (χ1) is 16.4. The number of nitrogens with zero attached hydrogens (tertiary/aromatic N) is 3. The lowest BCUT2D eigenvalue weighted by molar-refractivity contribution is -0.136. The zero-order chi connectivity index (χ0) is 23.8. The lowest BCUT2D eigenvalue weighted by Crippen LogP contribution is -2.52. The Hall–Kier alpha value is -4.27. The highest BCUT2D eigenvalue weighted by molar-refractivity contribution is 6.06. The fourth-order valence-electron chi connectivity index (χ4n) is 4.48. The molecule has 2 aliphatic heterocycles. The molecular weight excluding hydrogens is 434 g/mol. The normalized spacial score (nSPS) is 17.5. The lowest BCUT2D eigenvalue weighted by atomic mass is 10.0. The third-order valence-corrected chi connectivity index (χ3v) is 6.18. The summed E-state index contributed by atoms with van der Waals surface area (Å²) in [5.74, 6) is -1.40. The topological polar surface area (TPSA) is 113 Å². The maximum atomic E-state index is 13.0. The van der Waals surface area contributed by atoms with Crippen LogP contribution in [0, 0.1) is 0 Å². The third kappa shape index (κ3) is 3.96. The number of aryl methyl sites for hydroxylation is 1. The second kappa shape index (κ2) is 8.58. The molecule has 34 heavy (non-hydrogen) atoms. The van der Waals surface area contributed by atoms with Crippen molar-refractivity contribution in [2.75, 3.05) is 0 Å². The Kier molecular flexibility index (Phi) is 5.45. The molecule has 2 aliphatic rings. The second-order valence-electron chi connectivity index (χ2n) is 8.50. The van der Waals surface area contributed by atoms with Crippen LogP contribution in [0.5, 0.6) is 0 Å². The molecule has 1 fully saturated rings. The van der Waals surface area contributed by atoms with Gasteiger partial charge in [0.15, 0.2) is 0 Å². The molecule has 3 aromatic rings. The standard InChI is InChI=1S/C25H23N5O4/c1-29-13-18(22(28-29)15-5-3-2-4-6-15)12-26-23(32)16-7-8-17-14-30(25(34)19(17)11-16)20-9-10-21(31)27-24(20)33/h2-8,11,13,20H,9-10,12,14H2,1H3,(H,26,32)(H,27,31,33). The van der Waals surface area contributed by atoms with Gasteiger partial charge in [0.1, 0.15) is 6.04 Å². The molecule has 3 heterocycles. The molecule has 4 amide bonds. The molecule has 2 N–H and O–H groups in total. The molecule has 1 unspecified atom stereocenters. The first-order valence-electron chi connectivity index (χ1n) is 11.0. The van der Waals surface area contributed by atoms with E-state index in [1.54, 1.807) is 22.9 Å². The average molecular weight is 457 g/mol. The number of carbonyl (C=O) groups is 4. The van der Waals surface area contributed by atoms with Crippen LogP contribution in [-0.2, 0) is 29.7 Å². The highest BCUT2D eigenvalue weighted by Gasteiger charge is 2.39.